The molecule has 0 spiro atoms. The lowest BCUT2D eigenvalue weighted by Gasteiger charge is -2.22. The summed E-state index contributed by atoms with van der Waals surface area (Å²) in [6, 6.07) is 13.2. The third-order valence-electron chi connectivity index (χ3n) is 3.28. The molecule has 118 valence electrons. The topological polar surface area (TPSA) is 63.4 Å². The van der Waals surface area contributed by atoms with Crippen molar-refractivity contribution in [2.24, 2.45) is 5.73 Å². The van der Waals surface area contributed by atoms with Crippen LogP contribution in [0.5, 0.6) is 0 Å². The van der Waals surface area contributed by atoms with Gasteiger partial charge in [0, 0.05) is 19.6 Å². The van der Waals surface area contributed by atoms with Gasteiger partial charge in [-0.25, -0.2) is 12.8 Å². The summed E-state index contributed by atoms with van der Waals surface area (Å²) >= 11 is 0. The normalized spacial score (nSPS) is 11.8. The number of halogens is 1. The molecule has 0 saturated heterocycles. The van der Waals surface area contributed by atoms with Crippen LogP contribution in [0.25, 0.3) is 0 Å². The fraction of sp³-hybridized carbons (Fsp3) is 0.250. The standard InChI is InChI=1S/C16H19FN2O2S/c1-13-7-8-15(17)16(11-13)22(20,21)19(10-9-18)12-14-5-3-2-4-6-14/h2-8,11H,9-10,12,18H2,1H3. The van der Waals surface area contributed by atoms with Gasteiger partial charge in [-0.15, -0.1) is 0 Å². The predicted octanol–water partition coefficient (Wildman–Crippen LogP) is 2.28. The van der Waals surface area contributed by atoms with E-state index in [2.05, 4.69) is 0 Å². The number of nitrogens with two attached hydrogens (primary N) is 1. The van der Waals surface area contributed by atoms with Crippen LogP contribution in [-0.4, -0.2) is 25.8 Å². The van der Waals surface area contributed by atoms with E-state index in [0.717, 1.165) is 5.56 Å². The van der Waals surface area contributed by atoms with Crippen molar-refractivity contribution >= 4 is 10.0 Å². The first-order valence-corrected chi connectivity index (χ1v) is 8.39. The van der Waals surface area contributed by atoms with E-state index in [9.17, 15) is 12.8 Å². The monoisotopic (exact) mass is 322 g/mol. The Bertz CT molecular complexity index is 733. The lowest BCUT2D eigenvalue weighted by atomic mass is 10.2. The highest BCUT2D eigenvalue weighted by Crippen LogP contribution is 2.22. The van der Waals surface area contributed by atoms with E-state index in [4.69, 9.17) is 5.73 Å². The second kappa shape index (κ2) is 7.00. The first kappa shape index (κ1) is 16.6. The van der Waals surface area contributed by atoms with Crippen LogP contribution in [0.1, 0.15) is 11.1 Å². The Kier molecular flexibility index (Phi) is 5.28. The molecule has 2 N–H and O–H groups in total. The average Bonchev–Trinajstić information content (AvgIpc) is 2.50. The molecule has 4 nitrogen and oxygen atoms in total. The highest BCUT2D eigenvalue weighted by atomic mass is 32.2. The first-order valence-electron chi connectivity index (χ1n) is 6.95. The number of hydrogen-bond donors (Lipinski definition) is 1. The number of nitrogens with zero attached hydrogens (tertiary/aromatic N) is 1. The smallest absolute Gasteiger partial charge is 0.246 e. The summed E-state index contributed by atoms with van der Waals surface area (Å²) in [6.45, 7) is 2.18. The molecule has 0 aliphatic carbocycles. The van der Waals surface area contributed by atoms with Crippen molar-refractivity contribution in [1.29, 1.82) is 0 Å². The molecule has 22 heavy (non-hydrogen) atoms. The van der Waals surface area contributed by atoms with Crippen molar-refractivity contribution < 1.29 is 12.8 Å². The number of aryl methyl sites for hydroxylation is 1. The van der Waals surface area contributed by atoms with Crippen molar-refractivity contribution in [2.45, 2.75) is 18.4 Å². The molecule has 0 amide bonds. The van der Waals surface area contributed by atoms with Crippen LogP contribution in [0.3, 0.4) is 0 Å². The summed E-state index contributed by atoms with van der Waals surface area (Å²) < 4.78 is 40.6. The quantitative estimate of drug-likeness (QED) is 0.887. The Balaban J connectivity index is 2.39. The van der Waals surface area contributed by atoms with Crippen LogP contribution in [0, 0.1) is 12.7 Å². The van der Waals surface area contributed by atoms with Crippen LogP contribution < -0.4 is 5.73 Å². The summed E-state index contributed by atoms with van der Waals surface area (Å²) in [7, 11) is -3.94. The maximum absolute atomic E-state index is 14.0. The fourth-order valence-electron chi connectivity index (χ4n) is 2.16. The molecule has 6 heteroatoms. The fourth-order valence-corrected chi connectivity index (χ4v) is 3.75. The molecule has 2 rings (SSSR count). The first-order chi connectivity index (χ1) is 10.4. The Labute approximate surface area is 130 Å². The summed E-state index contributed by atoms with van der Waals surface area (Å²) in [5.41, 5.74) is 7.04. The molecule has 2 aromatic carbocycles. The molecule has 0 aliphatic rings. The van der Waals surface area contributed by atoms with Gasteiger partial charge in [-0.1, -0.05) is 36.4 Å². The SMILES string of the molecule is Cc1ccc(F)c(S(=O)(=O)N(CCN)Cc2ccccc2)c1. The highest BCUT2D eigenvalue weighted by molar-refractivity contribution is 7.89. The minimum Gasteiger partial charge on any atom is -0.329 e. The van der Waals surface area contributed by atoms with Gasteiger partial charge in [0.2, 0.25) is 10.0 Å². The maximum Gasteiger partial charge on any atom is 0.246 e. The van der Waals surface area contributed by atoms with Gasteiger partial charge in [-0.3, -0.25) is 0 Å². The number of hydrogen-bond acceptors (Lipinski definition) is 3. The second-order valence-electron chi connectivity index (χ2n) is 5.05. The molecule has 0 aliphatic heterocycles. The number of benzene rings is 2. The molecule has 0 radical (unpaired) electrons. The lowest BCUT2D eigenvalue weighted by Crippen LogP contribution is -2.35. The van der Waals surface area contributed by atoms with Gasteiger partial charge in [0.1, 0.15) is 10.7 Å². The largest absolute Gasteiger partial charge is 0.329 e. The van der Waals surface area contributed by atoms with E-state index in [1.54, 1.807) is 13.0 Å². The molecule has 0 aromatic heterocycles. The summed E-state index contributed by atoms with van der Waals surface area (Å²) in [4.78, 5) is -0.308. The van der Waals surface area contributed by atoms with E-state index in [-0.39, 0.29) is 24.5 Å². The highest BCUT2D eigenvalue weighted by Gasteiger charge is 2.27. The van der Waals surface area contributed by atoms with E-state index in [1.807, 2.05) is 30.3 Å². The molecule has 0 fully saturated rings. The van der Waals surface area contributed by atoms with Crippen molar-refractivity contribution in [3.05, 3.63) is 65.5 Å². The van der Waals surface area contributed by atoms with E-state index in [0.29, 0.717) is 5.56 Å². The van der Waals surface area contributed by atoms with Crippen LogP contribution in [0.15, 0.2) is 53.4 Å². The Morgan fingerprint density at radius 2 is 1.82 bits per heavy atom. The third kappa shape index (κ3) is 3.71. The molecule has 2 aromatic rings. The van der Waals surface area contributed by atoms with Crippen molar-refractivity contribution in [3.63, 3.8) is 0 Å². The van der Waals surface area contributed by atoms with E-state index >= 15 is 0 Å². The van der Waals surface area contributed by atoms with Gasteiger partial charge in [-0.05, 0) is 30.2 Å². The van der Waals surface area contributed by atoms with Crippen molar-refractivity contribution in [1.82, 2.24) is 4.31 Å². The van der Waals surface area contributed by atoms with Gasteiger partial charge in [-0.2, -0.15) is 4.31 Å². The number of sulfonamides is 1. The lowest BCUT2D eigenvalue weighted by molar-refractivity contribution is 0.410. The predicted molar refractivity (Wildman–Crippen MR) is 84.2 cm³/mol. The zero-order valence-corrected chi connectivity index (χ0v) is 13.2. The zero-order chi connectivity index (χ0) is 16.2. The van der Waals surface area contributed by atoms with E-state index < -0.39 is 15.8 Å². The zero-order valence-electron chi connectivity index (χ0n) is 12.4. The molecule has 0 atom stereocenters. The van der Waals surface area contributed by atoms with Crippen LogP contribution in [-0.2, 0) is 16.6 Å². The van der Waals surface area contributed by atoms with Crippen LogP contribution in [0.4, 0.5) is 4.39 Å². The second-order valence-corrected chi connectivity index (χ2v) is 6.95. The summed E-state index contributed by atoms with van der Waals surface area (Å²) in [5.74, 6) is -0.749. The van der Waals surface area contributed by atoms with Crippen molar-refractivity contribution in [3.8, 4) is 0 Å². The molecule has 0 saturated carbocycles. The van der Waals surface area contributed by atoms with Gasteiger partial charge in [0.15, 0.2) is 0 Å². The van der Waals surface area contributed by atoms with Crippen molar-refractivity contribution in [2.75, 3.05) is 13.1 Å². The van der Waals surface area contributed by atoms with Crippen LogP contribution in [0.2, 0.25) is 0 Å². The third-order valence-corrected chi connectivity index (χ3v) is 5.14. The molecular formula is C16H19FN2O2S. The minimum absolute atomic E-state index is 0.130. The summed E-state index contributed by atoms with van der Waals surface area (Å²) in [6.07, 6.45) is 0. The van der Waals surface area contributed by atoms with Gasteiger partial charge >= 0.3 is 0 Å². The van der Waals surface area contributed by atoms with Gasteiger partial charge in [0.05, 0.1) is 0 Å². The van der Waals surface area contributed by atoms with Crippen LogP contribution >= 0.6 is 0 Å². The Morgan fingerprint density at radius 1 is 1.14 bits per heavy atom. The maximum atomic E-state index is 14.0. The van der Waals surface area contributed by atoms with Gasteiger partial charge < -0.3 is 5.73 Å². The molecule has 0 heterocycles. The summed E-state index contributed by atoms with van der Waals surface area (Å²) in [5, 5.41) is 0. The minimum atomic E-state index is -3.94. The number of rotatable bonds is 6. The molecular weight excluding hydrogens is 303 g/mol. The van der Waals surface area contributed by atoms with E-state index in [1.165, 1.54) is 16.4 Å². The Hall–Kier alpha value is -1.76. The molecule has 0 bridgehead atoms. The molecule has 0 unspecified atom stereocenters. The average molecular weight is 322 g/mol. The Morgan fingerprint density at radius 3 is 2.45 bits per heavy atom. The van der Waals surface area contributed by atoms with Gasteiger partial charge in [0.25, 0.3) is 0 Å².